The van der Waals surface area contributed by atoms with E-state index in [-0.39, 0.29) is 36.8 Å². The summed E-state index contributed by atoms with van der Waals surface area (Å²) in [7, 11) is 1.60. The first-order valence-corrected chi connectivity index (χ1v) is 5.94. The molecular formula is C11H25Cl2N3O2. The van der Waals surface area contributed by atoms with E-state index in [1.807, 2.05) is 4.90 Å². The van der Waals surface area contributed by atoms with E-state index in [0.29, 0.717) is 13.0 Å². The Morgan fingerprint density at radius 2 is 1.83 bits per heavy atom. The third kappa shape index (κ3) is 6.20. The summed E-state index contributed by atoms with van der Waals surface area (Å²) >= 11 is 0. The Morgan fingerprint density at radius 1 is 1.28 bits per heavy atom. The number of ether oxygens (including phenoxy) is 1. The van der Waals surface area contributed by atoms with Crippen LogP contribution in [0.25, 0.3) is 0 Å². The lowest BCUT2D eigenvalue weighted by molar-refractivity contribution is -0.135. The summed E-state index contributed by atoms with van der Waals surface area (Å²) in [5.74, 6) is 0.160. The summed E-state index contributed by atoms with van der Waals surface area (Å²) in [5.41, 5.74) is 5.50. The fourth-order valence-corrected chi connectivity index (χ4v) is 1.90. The molecule has 1 aliphatic heterocycles. The number of hydrogen-bond acceptors (Lipinski definition) is 4. The van der Waals surface area contributed by atoms with Crippen molar-refractivity contribution < 1.29 is 9.53 Å². The molecule has 1 heterocycles. The van der Waals surface area contributed by atoms with Crippen LogP contribution in [0.15, 0.2) is 0 Å². The van der Waals surface area contributed by atoms with Crippen molar-refractivity contribution in [3.63, 3.8) is 0 Å². The van der Waals surface area contributed by atoms with E-state index < -0.39 is 0 Å². The van der Waals surface area contributed by atoms with Crippen molar-refractivity contribution in [2.24, 2.45) is 5.73 Å². The normalized spacial score (nSPS) is 17.6. The smallest absolute Gasteiger partial charge is 0.225 e. The molecule has 1 unspecified atom stereocenters. The van der Waals surface area contributed by atoms with Gasteiger partial charge in [0.15, 0.2) is 0 Å². The lowest BCUT2D eigenvalue weighted by Gasteiger charge is -2.34. The highest BCUT2D eigenvalue weighted by Crippen LogP contribution is 2.06. The largest absolute Gasteiger partial charge is 0.380 e. The number of methoxy groups -OCH3 is 1. The Kier molecular flexibility index (Phi) is 12.2. The molecule has 1 amide bonds. The van der Waals surface area contributed by atoms with Gasteiger partial charge < -0.3 is 20.3 Å². The predicted octanol–water partition coefficient (Wildman–Crippen LogP) is 0.358. The SMILES string of the molecule is CCN1CCN(C(=O)CC(CN)OC)CC1.Cl.Cl. The highest BCUT2D eigenvalue weighted by atomic mass is 35.5. The van der Waals surface area contributed by atoms with Gasteiger partial charge in [-0.1, -0.05) is 6.92 Å². The molecule has 1 aliphatic rings. The minimum absolute atomic E-state index is 0. The molecule has 1 fully saturated rings. The van der Waals surface area contributed by atoms with E-state index in [1.165, 1.54) is 0 Å². The highest BCUT2D eigenvalue weighted by molar-refractivity contribution is 5.85. The molecule has 7 heteroatoms. The lowest BCUT2D eigenvalue weighted by atomic mass is 10.2. The average Bonchev–Trinajstić information content (AvgIpc) is 2.35. The molecular weight excluding hydrogens is 277 g/mol. The van der Waals surface area contributed by atoms with Gasteiger partial charge in [0, 0.05) is 39.8 Å². The molecule has 0 aromatic carbocycles. The molecule has 110 valence electrons. The van der Waals surface area contributed by atoms with Crippen molar-refractivity contribution in [2.45, 2.75) is 19.4 Å². The number of carbonyl (C=O) groups is 1. The van der Waals surface area contributed by atoms with Gasteiger partial charge in [-0.2, -0.15) is 0 Å². The zero-order valence-corrected chi connectivity index (χ0v) is 12.8. The molecule has 0 bridgehead atoms. The van der Waals surface area contributed by atoms with Crippen LogP contribution in [-0.4, -0.2) is 68.2 Å². The Labute approximate surface area is 122 Å². The molecule has 2 N–H and O–H groups in total. The Hall–Kier alpha value is -0.0700. The summed E-state index contributed by atoms with van der Waals surface area (Å²) in [5, 5.41) is 0. The van der Waals surface area contributed by atoms with Crippen molar-refractivity contribution in [3.8, 4) is 0 Å². The first-order valence-electron chi connectivity index (χ1n) is 5.94. The Bertz CT molecular complexity index is 220. The third-order valence-corrected chi connectivity index (χ3v) is 3.17. The van der Waals surface area contributed by atoms with E-state index in [9.17, 15) is 4.79 Å². The fourth-order valence-electron chi connectivity index (χ4n) is 1.90. The summed E-state index contributed by atoms with van der Waals surface area (Å²) < 4.78 is 5.12. The monoisotopic (exact) mass is 301 g/mol. The molecule has 0 spiro atoms. The van der Waals surface area contributed by atoms with Gasteiger partial charge in [-0.15, -0.1) is 24.8 Å². The highest BCUT2D eigenvalue weighted by Gasteiger charge is 2.22. The van der Waals surface area contributed by atoms with Crippen molar-refractivity contribution >= 4 is 30.7 Å². The van der Waals surface area contributed by atoms with E-state index in [0.717, 1.165) is 32.7 Å². The zero-order valence-electron chi connectivity index (χ0n) is 11.1. The number of nitrogens with zero attached hydrogens (tertiary/aromatic N) is 2. The van der Waals surface area contributed by atoms with Crippen LogP contribution >= 0.6 is 24.8 Å². The number of rotatable bonds is 5. The molecule has 0 saturated carbocycles. The number of nitrogens with two attached hydrogens (primary N) is 1. The minimum Gasteiger partial charge on any atom is -0.380 e. The van der Waals surface area contributed by atoms with E-state index in [1.54, 1.807) is 7.11 Å². The zero-order chi connectivity index (χ0) is 12.0. The summed E-state index contributed by atoms with van der Waals surface area (Å²) in [6, 6.07) is 0. The Morgan fingerprint density at radius 3 is 2.22 bits per heavy atom. The third-order valence-electron chi connectivity index (χ3n) is 3.17. The standard InChI is InChI=1S/C11H23N3O2.2ClH/c1-3-13-4-6-14(7-5-13)11(15)8-10(9-12)16-2;;/h10H,3-9,12H2,1-2H3;2*1H. The second-order valence-electron chi connectivity index (χ2n) is 4.11. The molecule has 1 saturated heterocycles. The van der Waals surface area contributed by atoms with Gasteiger partial charge in [0.25, 0.3) is 0 Å². The maximum Gasteiger partial charge on any atom is 0.225 e. The van der Waals surface area contributed by atoms with Crippen LogP contribution in [0, 0.1) is 0 Å². The van der Waals surface area contributed by atoms with Crippen LogP contribution < -0.4 is 5.73 Å². The van der Waals surface area contributed by atoms with Gasteiger partial charge in [-0.3, -0.25) is 4.79 Å². The first kappa shape index (κ1) is 20.3. The van der Waals surface area contributed by atoms with Crippen LogP contribution in [0.4, 0.5) is 0 Å². The van der Waals surface area contributed by atoms with Crippen LogP contribution in [-0.2, 0) is 9.53 Å². The molecule has 0 aromatic rings. The van der Waals surface area contributed by atoms with Crippen molar-refractivity contribution in [3.05, 3.63) is 0 Å². The van der Waals surface area contributed by atoms with Crippen LogP contribution in [0.2, 0.25) is 0 Å². The second kappa shape index (κ2) is 10.8. The summed E-state index contributed by atoms with van der Waals surface area (Å²) in [4.78, 5) is 16.2. The van der Waals surface area contributed by atoms with Gasteiger partial charge in [-0.25, -0.2) is 0 Å². The molecule has 1 rings (SSSR count). The fraction of sp³-hybridized carbons (Fsp3) is 0.909. The predicted molar refractivity (Wildman–Crippen MR) is 77.7 cm³/mol. The van der Waals surface area contributed by atoms with Gasteiger partial charge in [-0.05, 0) is 6.54 Å². The topological polar surface area (TPSA) is 58.8 Å². The maximum absolute atomic E-state index is 11.9. The van der Waals surface area contributed by atoms with Crippen molar-refractivity contribution in [1.82, 2.24) is 9.80 Å². The average molecular weight is 302 g/mol. The molecule has 0 aliphatic carbocycles. The molecule has 1 atom stereocenters. The second-order valence-corrected chi connectivity index (χ2v) is 4.11. The van der Waals surface area contributed by atoms with Crippen molar-refractivity contribution in [1.29, 1.82) is 0 Å². The Balaban J connectivity index is 0. The van der Waals surface area contributed by atoms with Crippen molar-refractivity contribution in [2.75, 3.05) is 46.4 Å². The quantitative estimate of drug-likeness (QED) is 0.796. The van der Waals surface area contributed by atoms with E-state index >= 15 is 0 Å². The van der Waals surface area contributed by atoms with Crippen LogP contribution in [0.1, 0.15) is 13.3 Å². The number of halogens is 2. The van der Waals surface area contributed by atoms with Gasteiger partial charge in [0.2, 0.25) is 5.91 Å². The lowest BCUT2D eigenvalue weighted by Crippen LogP contribution is -2.49. The summed E-state index contributed by atoms with van der Waals surface area (Å²) in [6.45, 7) is 7.21. The number of amides is 1. The molecule has 0 aromatic heterocycles. The number of hydrogen-bond donors (Lipinski definition) is 1. The van der Waals surface area contributed by atoms with Crippen LogP contribution in [0.3, 0.4) is 0 Å². The van der Waals surface area contributed by atoms with Gasteiger partial charge in [0.05, 0.1) is 12.5 Å². The van der Waals surface area contributed by atoms with E-state index in [2.05, 4.69) is 11.8 Å². The van der Waals surface area contributed by atoms with Gasteiger partial charge >= 0.3 is 0 Å². The molecule has 18 heavy (non-hydrogen) atoms. The molecule has 0 radical (unpaired) electrons. The maximum atomic E-state index is 11.9. The minimum atomic E-state index is -0.142. The summed E-state index contributed by atoms with van der Waals surface area (Å²) in [6.07, 6.45) is 0.260. The first-order chi connectivity index (χ1) is 7.71. The van der Waals surface area contributed by atoms with Crippen LogP contribution in [0.5, 0.6) is 0 Å². The number of carbonyl (C=O) groups excluding carboxylic acids is 1. The van der Waals surface area contributed by atoms with Gasteiger partial charge in [0.1, 0.15) is 0 Å². The molecule has 5 nitrogen and oxygen atoms in total. The number of piperazine rings is 1. The number of likely N-dealkylation sites (N-methyl/N-ethyl adjacent to an activating group) is 1. The van der Waals surface area contributed by atoms with E-state index in [4.69, 9.17) is 10.5 Å².